The Morgan fingerprint density at radius 1 is 1.22 bits per heavy atom. The third-order valence-corrected chi connectivity index (χ3v) is 8.80. The van der Waals surface area contributed by atoms with Crippen molar-refractivity contribution in [2.75, 3.05) is 46.6 Å². The number of ether oxygens (including phenoxy) is 2. The van der Waals surface area contributed by atoms with Gasteiger partial charge in [0.25, 0.3) is 0 Å². The zero-order chi connectivity index (χ0) is 32.5. The highest BCUT2D eigenvalue weighted by atomic mass is 32.1. The summed E-state index contributed by atoms with van der Waals surface area (Å²) in [7, 11) is 1.47. The molecule has 13 nitrogen and oxygen atoms in total. The van der Waals surface area contributed by atoms with E-state index in [1.54, 1.807) is 30.3 Å². The Balaban J connectivity index is 1.43. The Hall–Kier alpha value is -4.01. The van der Waals surface area contributed by atoms with Crippen molar-refractivity contribution >= 4 is 29.2 Å². The van der Waals surface area contributed by atoms with Gasteiger partial charge in [-0.1, -0.05) is 24.2 Å². The first kappa shape index (κ1) is 33.9. The molecule has 1 aliphatic rings. The molecule has 3 N–H and O–H groups in total. The predicted octanol–water partition coefficient (Wildman–Crippen LogP) is 3.44. The highest BCUT2D eigenvalue weighted by Gasteiger charge is 2.40. The molecule has 1 aromatic carbocycles. The van der Waals surface area contributed by atoms with Crippen molar-refractivity contribution in [1.82, 2.24) is 25.3 Å². The van der Waals surface area contributed by atoms with Crippen LogP contribution in [-0.4, -0.2) is 101 Å². The molecule has 3 atom stereocenters. The third kappa shape index (κ3) is 8.59. The summed E-state index contributed by atoms with van der Waals surface area (Å²) in [5.41, 5.74) is 5.00. The minimum Gasteiger partial charge on any atom is -0.491 e. The molecule has 2 aromatic heterocycles. The third-order valence-electron chi connectivity index (χ3n) is 7.83. The molecule has 1 saturated heterocycles. The Labute approximate surface area is 266 Å². The molecule has 0 spiro atoms. The maximum absolute atomic E-state index is 13.7. The first-order valence-electron chi connectivity index (χ1n) is 14.9. The molecule has 0 radical (unpaired) electrons. The molecule has 14 heteroatoms. The average Bonchev–Trinajstić information content (AvgIpc) is 3.79. The van der Waals surface area contributed by atoms with Gasteiger partial charge in [0.15, 0.2) is 0 Å². The average molecular weight is 644 g/mol. The summed E-state index contributed by atoms with van der Waals surface area (Å²) in [6, 6.07) is 6.80. The van der Waals surface area contributed by atoms with Crippen molar-refractivity contribution in [1.29, 1.82) is 0 Å². The van der Waals surface area contributed by atoms with E-state index in [1.165, 1.54) is 18.4 Å². The Bertz CT molecular complexity index is 1460. The summed E-state index contributed by atoms with van der Waals surface area (Å²) in [5.74, 6) is -0.766. The number of carbonyl (C=O) groups is 3. The van der Waals surface area contributed by atoms with Crippen LogP contribution in [0.3, 0.4) is 0 Å². The second kappa shape index (κ2) is 15.8. The van der Waals surface area contributed by atoms with Crippen molar-refractivity contribution in [3.63, 3.8) is 0 Å². The Morgan fingerprint density at radius 2 is 2.02 bits per heavy atom. The van der Waals surface area contributed by atoms with Crippen LogP contribution in [0.2, 0.25) is 0 Å². The van der Waals surface area contributed by atoms with Crippen LogP contribution in [0, 0.1) is 19.8 Å². The number of aliphatic hydroxyl groups excluding tert-OH is 1. The van der Waals surface area contributed by atoms with Crippen molar-refractivity contribution < 1.29 is 38.6 Å². The molecule has 244 valence electrons. The number of nitrogens with zero attached hydrogens (tertiary/aromatic N) is 4. The molecule has 3 heterocycles. The van der Waals surface area contributed by atoms with Crippen molar-refractivity contribution in [2.45, 2.75) is 52.1 Å². The topological polar surface area (TPSA) is 168 Å². The fourth-order valence-corrected chi connectivity index (χ4v) is 6.03. The number of aliphatic hydroxyl groups is 1. The molecule has 3 aromatic rings. The number of nitrogens with one attached hydrogen (secondary N) is 1. The van der Waals surface area contributed by atoms with E-state index in [0.29, 0.717) is 36.6 Å². The molecule has 3 amide bonds. The lowest BCUT2D eigenvalue weighted by atomic mass is 9.90. The predicted molar refractivity (Wildman–Crippen MR) is 166 cm³/mol. The first-order valence-corrected chi connectivity index (χ1v) is 15.8. The summed E-state index contributed by atoms with van der Waals surface area (Å²) in [4.78, 5) is 46.2. The number of hydrogen-bond donors (Lipinski definition) is 3. The van der Waals surface area contributed by atoms with Crippen LogP contribution >= 0.6 is 11.3 Å². The lowest BCUT2D eigenvalue weighted by molar-refractivity contribution is -0.141. The molecule has 1 fully saturated rings. The van der Waals surface area contributed by atoms with Crippen molar-refractivity contribution in [2.24, 2.45) is 5.92 Å². The van der Waals surface area contributed by atoms with Crippen LogP contribution < -0.4 is 10.1 Å². The lowest BCUT2D eigenvalue weighted by Gasteiger charge is -2.29. The molecule has 0 saturated carbocycles. The number of likely N-dealkylation sites (tertiary alicyclic amines) is 1. The number of thiazole rings is 1. The van der Waals surface area contributed by atoms with E-state index in [2.05, 4.69) is 15.5 Å². The smallest absolute Gasteiger partial charge is 0.407 e. The SMILES string of the molecule is Cc1cc([C@@H](C(=O)N2CCCC2C(=O)NCc2ccc(-c3scnc3C)cc2OCCOCCN(C)C(=O)O)C(C)CO)on1. The van der Waals surface area contributed by atoms with Gasteiger partial charge < -0.3 is 39.3 Å². The second-order valence-electron chi connectivity index (χ2n) is 11.2. The van der Waals surface area contributed by atoms with Gasteiger partial charge in [0, 0.05) is 44.9 Å². The molecular weight excluding hydrogens is 602 g/mol. The van der Waals surface area contributed by atoms with Crippen LogP contribution in [0.15, 0.2) is 34.3 Å². The van der Waals surface area contributed by atoms with Crippen LogP contribution in [0.5, 0.6) is 5.75 Å². The quantitative estimate of drug-likeness (QED) is 0.209. The van der Waals surface area contributed by atoms with Gasteiger partial charge >= 0.3 is 6.09 Å². The van der Waals surface area contributed by atoms with Gasteiger partial charge in [-0.3, -0.25) is 9.59 Å². The fourth-order valence-electron chi connectivity index (χ4n) is 5.23. The monoisotopic (exact) mass is 643 g/mol. The largest absolute Gasteiger partial charge is 0.491 e. The number of hydrogen-bond acceptors (Lipinski definition) is 10. The van der Waals surface area contributed by atoms with E-state index >= 15 is 0 Å². The standard InChI is InChI=1S/C31H41N5O8S/c1-19(17-37)27(26-14-20(2)34-44-26)30(39)36-9-5-6-24(36)29(38)32-16-23-8-7-22(28-21(3)33-18-45-28)15-25(23)43-13-12-42-11-10-35(4)31(40)41/h7-8,14-15,18-19,24,27,37H,5-6,9-13,16-17H2,1-4H3,(H,32,38)(H,40,41)/t19?,24?,27-/m0/s1. The maximum Gasteiger partial charge on any atom is 0.407 e. The number of aromatic nitrogens is 2. The number of likely N-dealkylation sites (N-methyl/N-ethyl adjacent to an activating group) is 1. The fraction of sp³-hybridized carbons (Fsp3) is 0.516. The maximum atomic E-state index is 13.7. The molecule has 0 bridgehead atoms. The number of rotatable bonds is 15. The molecule has 45 heavy (non-hydrogen) atoms. The summed E-state index contributed by atoms with van der Waals surface area (Å²) in [6.45, 7) is 6.81. The zero-order valence-electron chi connectivity index (χ0n) is 26.0. The molecule has 0 aliphatic carbocycles. The van der Waals surface area contributed by atoms with E-state index in [4.69, 9.17) is 19.1 Å². The minimum absolute atomic E-state index is 0.177. The van der Waals surface area contributed by atoms with Gasteiger partial charge in [-0.15, -0.1) is 11.3 Å². The van der Waals surface area contributed by atoms with Gasteiger partial charge in [0.2, 0.25) is 11.8 Å². The van der Waals surface area contributed by atoms with E-state index in [-0.39, 0.29) is 51.3 Å². The molecule has 1 aliphatic heterocycles. The molecule has 4 rings (SSSR count). The summed E-state index contributed by atoms with van der Waals surface area (Å²) in [5, 5.41) is 25.7. The Kier molecular flexibility index (Phi) is 11.9. The zero-order valence-corrected chi connectivity index (χ0v) is 26.8. The van der Waals surface area contributed by atoms with E-state index < -0.39 is 24.0 Å². The lowest BCUT2D eigenvalue weighted by Crippen LogP contribution is -2.48. The van der Waals surface area contributed by atoms with Crippen LogP contribution in [-0.2, 0) is 20.9 Å². The number of amides is 3. The van der Waals surface area contributed by atoms with Gasteiger partial charge in [-0.2, -0.15) is 0 Å². The summed E-state index contributed by atoms with van der Waals surface area (Å²) >= 11 is 1.52. The van der Waals surface area contributed by atoms with E-state index in [0.717, 1.165) is 26.6 Å². The van der Waals surface area contributed by atoms with E-state index in [9.17, 15) is 19.5 Å². The molecule has 2 unspecified atom stereocenters. The molecular formula is C31H41N5O8S. The van der Waals surface area contributed by atoms with Gasteiger partial charge in [0.1, 0.15) is 30.1 Å². The highest BCUT2D eigenvalue weighted by Crippen LogP contribution is 2.33. The normalized spacial score (nSPS) is 15.9. The number of carboxylic acid groups (broad SMARTS) is 1. The Morgan fingerprint density at radius 3 is 2.69 bits per heavy atom. The van der Waals surface area contributed by atoms with Crippen LogP contribution in [0.1, 0.15) is 48.4 Å². The highest BCUT2D eigenvalue weighted by molar-refractivity contribution is 7.13. The van der Waals surface area contributed by atoms with Crippen LogP contribution in [0.4, 0.5) is 4.79 Å². The number of aryl methyl sites for hydroxylation is 2. The van der Waals surface area contributed by atoms with Gasteiger partial charge in [-0.05, 0) is 44.2 Å². The van der Waals surface area contributed by atoms with Crippen molar-refractivity contribution in [3.8, 4) is 16.2 Å². The van der Waals surface area contributed by atoms with Crippen LogP contribution in [0.25, 0.3) is 10.4 Å². The van der Waals surface area contributed by atoms with Gasteiger partial charge in [0.05, 0.1) is 35.0 Å². The summed E-state index contributed by atoms with van der Waals surface area (Å²) < 4.78 is 17.0. The number of benzene rings is 1. The van der Waals surface area contributed by atoms with Gasteiger partial charge in [-0.25, -0.2) is 9.78 Å². The second-order valence-corrected chi connectivity index (χ2v) is 12.0. The van der Waals surface area contributed by atoms with Crippen molar-refractivity contribution in [3.05, 3.63) is 52.5 Å². The minimum atomic E-state index is -1.02. The van der Waals surface area contributed by atoms with E-state index in [1.807, 2.05) is 25.1 Å². The summed E-state index contributed by atoms with van der Waals surface area (Å²) in [6.07, 6.45) is 0.180. The first-order chi connectivity index (χ1) is 21.6. The number of carbonyl (C=O) groups excluding carboxylic acids is 2.